The average molecular weight is 334 g/mol. The van der Waals surface area contributed by atoms with Crippen molar-refractivity contribution in [3.8, 4) is 17.6 Å². The van der Waals surface area contributed by atoms with Gasteiger partial charge in [0.2, 0.25) is 0 Å². The number of nitrogens with one attached hydrogen (secondary N) is 1. The standard InChI is InChI=1S/C20H18N2O3/c1-3-12-25-19-8-4-15(5-9-19)13-16(14-21)20(23)22-17-6-10-18(24-2)11-7-17/h3-11,13H,1,12H2,2H3,(H,22,23)/b16-13+. The lowest BCUT2D eigenvalue weighted by Crippen LogP contribution is -2.13. The van der Waals surface area contributed by atoms with Crippen LogP contribution in [0.2, 0.25) is 0 Å². The third-order valence-electron chi connectivity index (χ3n) is 3.27. The Balaban J connectivity index is 2.08. The number of hydrogen-bond donors (Lipinski definition) is 1. The zero-order valence-corrected chi connectivity index (χ0v) is 13.9. The lowest BCUT2D eigenvalue weighted by molar-refractivity contribution is -0.112. The Kier molecular flexibility index (Phi) is 6.38. The van der Waals surface area contributed by atoms with Crippen LogP contribution < -0.4 is 14.8 Å². The lowest BCUT2D eigenvalue weighted by atomic mass is 10.1. The fourth-order valence-electron chi connectivity index (χ4n) is 2.00. The molecule has 0 bridgehead atoms. The van der Waals surface area contributed by atoms with E-state index in [1.54, 1.807) is 61.7 Å². The molecule has 0 saturated carbocycles. The van der Waals surface area contributed by atoms with Gasteiger partial charge in [0, 0.05) is 5.69 Å². The van der Waals surface area contributed by atoms with E-state index >= 15 is 0 Å². The predicted octanol–water partition coefficient (Wildman–Crippen LogP) is 3.81. The van der Waals surface area contributed by atoms with Gasteiger partial charge in [0.25, 0.3) is 5.91 Å². The molecule has 0 radical (unpaired) electrons. The van der Waals surface area contributed by atoms with Crippen molar-refractivity contribution < 1.29 is 14.3 Å². The van der Waals surface area contributed by atoms with Gasteiger partial charge >= 0.3 is 0 Å². The fourth-order valence-corrected chi connectivity index (χ4v) is 2.00. The van der Waals surface area contributed by atoms with Crippen LogP contribution >= 0.6 is 0 Å². The van der Waals surface area contributed by atoms with E-state index < -0.39 is 5.91 Å². The Morgan fingerprint density at radius 3 is 2.36 bits per heavy atom. The van der Waals surface area contributed by atoms with Crippen LogP contribution in [-0.4, -0.2) is 19.6 Å². The van der Waals surface area contributed by atoms with E-state index in [0.717, 1.165) is 5.56 Å². The van der Waals surface area contributed by atoms with Gasteiger partial charge in [0.1, 0.15) is 29.7 Å². The highest BCUT2D eigenvalue weighted by atomic mass is 16.5. The number of rotatable bonds is 7. The van der Waals surface area contributed by atoms with Crippen molar-refractivity contribution in [1.29, 1.82) is 5.26 Å². The minimum absolute atomic E-state index is 0.00979. The number of nitriles is 1. The molecular formula is C20H18N2O3. The molecule has 0 saturated heterocycles. The van der Waals surface area contributed by atoms with Gasteiger partial charge in [-0.3, -0.25) is 4.79 Å². The van der Waals surface area contributed by atoms with E-state index in [1.165, 1.54) is 6.08 Å². The first kappa shape index (κ1) is 17.8. The zero-order chi connectivity index (χ0) is 18.1. The first-order valence-electron chi connectivity index (χ1n) is 7.57. The zero-order valence-electron chi connectivity index (χ0n) is 13.9. The summed E-state index contributed by atoms with van der Waals surface area (Å²) < 4.78 is 10.5. The predicted molar refractivity (Wildman–Crippen MR) is 97.3 cm³/mol. The summed E-state index contributed by atoms with van der Waals surface area (Å²) in [5.74, 6) is 0.908. The highest BCUT2D eigenvalue weighted by Gasteiger charge is 2.09. The van der Waals surface area contributed by atoms with Crippen molar-refractivity contribution in [2.75, 3.05) is 19.0 Å². The number of ether oxygens (including phenoxy) is 2. The molecule has 0 unspecified atom stereocenters. The SMILES string of the molecule is C=CCOc1ccc(/C=C(\C#N)C(=O)Nc2ccc(OC)cc2)cc1. The van der Waals surface area contributed by atoms with Crippen molar-refractivity contribution in [3.05, 3.63) is 72.3 Å². The molecule has 1 amide bonds. The number of hydrogen-bond acceptors (Lipinski definition) is 4. The summed E-state index contributed by atoms with van der Waals surface area (Å²) in [6.45, 7) is 4.00. The smallest absolute Gasteiger partial charge is 0.266 e. The summed E-state index contributed by atoms with van der Waals surface area (Å²) in [4.78, 5) is 12.2. The minimum atomic E-state index is -0.473. The summed E-state index contributed by atoms with van der Waals surface area (Å²) in [6.07, 6.45) is 3.18. The van der Waals surface area contributed by atoms with Gasteiger partial charge in [-0.05, 0) is 48.0 Å². The first-order chi connectivity index (χ1) is 12.2. The molecule has 1 N–H and O–H groups in total. The molecule has 2 rings (SSSR count). The molecule has 0 aliphatic rings. The number of anilines is 1. The summed E-state index contributed by atoms with van der Waals surface area (Å²) in [6, 6.07) is 15.9. The van der Waals surface area contributed by atoms with E-state index in [4.69, 9.17) is 9.47 Å². The highest BCUT2D eigenvalue weighted by molar-refractivity contribution is 6.09. The van der Waals surface area contributed by atoms with Crippen LogP contribution in [0.15, 0.2) is 66.8 Å². The molecule has 0 heterocycles. The molecular weight excluding hydrogens is 316 g/mol. The Bertz CT molecular complexity index is 800. The van der Waals surface area contributed by atoms with E-state index in [-0.39, 0.29) is 5.57 Å². The van der Waals surface area contributed by atoms with Crippen LogP contribution in [-0.2, 0) is 4.79 Å². The molecule has 0 fully saturated rings. The fraction of sp³-hybridized carbons (Fsp3) is 0.100. The van der Waals surface area contributed by atoms with E-state index in [9.17, 15) is 10.1 Å². The molecule has 0 spiro atoms. The monoisotopic (exact) mass is 334 g/mol. The van der Waals surface area contributed by atoms with E-state index in [2.05, 4.69) is 11.9 Å². The Morgan fingerprint density at radius 2 is 1.80 bits per heavy atom. The van der Waals surface area contributed by atoms with Gasteiger partial charge < -0.3 is 14.8 Å². The van der Waals surface area contributed by atoms with Crippen molar-refractivity contribution >= 4 is 17.7 Å². The number of methoxy groups -OCH3 is 1. The molecule has 0 aliphatic carbocycles. The minimum Gasteiger partial charge on any atom is -0.497 e. The summed E-state index contributed by atoms with van der Waals surface area (Å²) in [5.41, 5.74) is 1.32. The molecule has 0 atom stereocenters. The van der Waals surface area contributed by atoms with Crippen LogP contribution in [0, 0.1) is 11.3 Å². The van der Waals surface area contributed by atoms with Crippen LogP contribution in [0.3, 0.4) is 0 Å². The molecule has 0 aliphatic heterocycles. The summed E-state index contributed by atoms with van der Waals surface area (Å²) in [5, 5.41) is 11.9. The second-order valence-electron chi connectivity index (χ2n) is 5.02. The lowest BCUT2D eigenvalue weighted by Gasteiger charge is -2.06. The third kappa shape index (κ3) is 5.26. The topological polar surface area (TPSA) is 71.3 Å². The molecule has 2 aromatic carbocycles. The van der Waals surface area contributed by atoms with Gasteiger partial charge in [-0.15, -0.1) is 0 Å². The largest absolute Gasteiger partial charge is 0.497 e. The molecule has 126 valence electrons. The summed E-state index contributed by atoms with van der Waals surface area (Å²) >= 11 is 0. The van der Waals surface area contributed by atoms with Gasteiger partial charge in [-0.25, -0.2) is 0 Å². The average Bonchev–Trinajstić information content (AvgIpc) is 2.65. The van der Waals surface area contributed by atoms with Crippen molar-refractivity contribution in [3.63, 3.8) is 0 Å². The second kappa shape index (κ2) is 8.94. The number of carbonyl (C=O) groups is 1. The molecule has 2 aromatic rings. The van der Waals surface area contributed by atoms with Crippen LogP contribution in [0.1, 0.15) is 5.56 Å². The Labute approximate surface area is 146 Å². The second-order valence-corrected chi connectivity index (χ2v) is 5.02. The van der Waals surface area contributed by atoms with Crippen LogP contribution in [0.4, 0.5) is 5.69 Å². The molecule has 5 heteroatoms. The van der Waals surface area contributed by atoms with Crippen molar-refractivity contribution in [2.24, 2.45) is 0 Å². The molecule has 25 heavy (non-hydrogen) atoms. The van der Waals surface area contributed by atoms with Crippen LogP contribution in [0.5, 0.6) is 11.5 Å². The Morgan fingerprint density at radius 1 is 1.16 bits per heavy atom. The van der Waals surface area contributed by atoms with Gasteiger partial charge in [0.15, 0.2) is 0 Å². The first-order valence-corrected chi connectivity index (χ1v) is 7.57. The maximum atomic E-state index is 12.2. The third-order valence-corrected chi connectivity index (χ3v) is 3.27. The molecule has 0 aromatic heterocycles. The number of amides is 1. The van der Waals surface area contributed by atoms with Gasteiger partial charge in [-0.1, -0.05) is 24.8 Å². The van der Waals surface area contributed by atoms with Crippen molar-refractivity contribution in [1.82, 2.24) is 0 Å². The van der Waals surface area contributed by atoms with Gasteiger partial charge in [-0.2, -0.15) is 5.26 Å². The van der Waals surface area contributed by atoms with E-state index in [0.29, 0.717) is 23.8 Å². The molecule has 5 nitrogen and oxygen atoms in total. The maximum absolute atomic E-state index is 12.2. The van der Waals surface area contributed by atoms with Gasteiger partial charge in [0.05, 0.1) is 7.11 Å². The quantitative estimate of drug-likeness (QED) is 0.475. The number of carbonyl (C=O) groups excluding carboxylic acids is 1. The Hall–Kier alpha value is -3.52. The van der Waals surface area contributed by atoms with Crippen LogP contribution in [0.25, 0.3) is 6.08 Å². The number of nitrogens with zero attached hydrogens (tertiary/aromatic N) is 1. The number of benzene rings is 2. The van der Waals surface area contributed by atoms with Crippen molar-refractivity contribution in [2.45, 2.75) is 0 Å². The highest BCUT2D eigenvalue weighted by Crippen LogP contribution is 2.17. The van der Waals surface area contributed by atoms with E-state index in [1.807, 2.05) is 6.07 Å². The maximum Gasteiger partial charge on any atom is 0.266 e. The normalized spacial score (nSPS) is 10.5. The summed E-state index contributed by atoms with van der Waals surface area (Å²) in [7, 11) is 1.57.